The van der Waals surface area contributed by atoms with E-state index in [1.165, 1.54) is 0 Å². The second-order valence-corrected chi connectivity index (χ2v) is 4.44. The maximum Gasteiger partial charge on any atom is 0.231 e. The fourth-order valence-corrected chi connectivity index (χ4v) is 2.27. The summed E-state index contributed by atoms with van der Waals surface area (Å²) in [6.07, 6.45) is 0.677. The minimum atomic E-state index is -0.168. The Hall–Kier alpha value is -2.29. The lowest BCUT2D eigenvalue weighted by Crippen LogP contribution is -2.29. The van der Waals surface area contributed by atoms with Crippen LogP contribution in [0.2, 0.25) is 0 Å². The lowest BCUT2D eigenvalue weighted by Gasteiger charge is -2.25. The van der Waals surface area contributed by atoms with Crippen LogP contribution in [0, 0.1) is 0 Å². The maximum atomic E-state index is 5.62. The Labute approximate surface area is 113 Å². The smallest absolute Gasteiger partial charge is 0.231 e. The molecule has 0 spiro atoms. The summed E-state index contributed by atoms with van der Waals surface area (Å²) in [6.45, 7) is 2.09. The molecule has 3 nitrogen and oxygen atoms in total. The van der Waals surface area contributed by atoms with Gasteiger partial charge in [-0.3, -0.25) is 4.90 Å². The average molecular weight is 252 g/mol. The number of nitrogens with zero attached hydrogens (tertiary/aromatic N) is 2. The summed E-state index contributed by atoms with van der Waals surface area (Å²) in [5.74, 6) is 0.958. The Bertz CT molecular complexity index is 566. The number of rotatable bonds is 3. The first-order valence-corrected chi connectivity index (χ1v) is 6.52. The van der Waals surface area contributed by atoms with Gasteiger partial charge in [0.1, 0.15) is 0 Å². The van der Waals surface area contributed by atoms with Gasteiger partial charge in [0, 0.05) is 17.7 Å². The van der Waals surface area contributed by atoms with E-state index >= 15 is 0 Å². The summed E-state index contributed by atoms with van der Waals surface area (Å²) in [5.41, 5.74) is 2.22. The van der Waals surface area contributed by atoms with E-state index in [1.54, 1.807) is 0 Å². The van der Waals surface area contributed by atoms with Crippen LogP contribution in [0.15, 0.2) is 65.8 Å². The molecule has 1 unspecified atom stereocenters. The standard InChI is InChI=1S/C16H16N2O/c1-2-15-17-19-16(13-9-5-3-6-10-13)18(15)14-11-7-4-8-12-14/h3-12,16H,2H2,1H3. The average Bonchev–Trinajstić information content (AvgIpc) is 2.93. The number of para-hydroxylation sites is 1. The monoisotopic (exact) mass is 252 g/mol. The van der Waals surface area contributed by atoms with Crippen molar-refractivity contribution in [3.05, 3.63) is 66.2 Å². The molecule has 0 radical (unpaired) electrons. The summed E-state index contributed by atoms with van der Waals surface area (Å²) < 4.78 is 0. The van der Waals surface area contributed by atoms with Crippen LogP contribution >= 0.6 is 0 Å². The molecule has 19 heavy (non-hydrogen) atoms. The molecule has 1 atom stereocenters. The summed E-state index contributed by atoms with van der Waals surface area (Å²) in [7, 11) is 0. The molecule has 1 heterocycles. The van der Waals surface area contributed by atoms with Crippen molar-refractivity contribution in [1.82, 2.24) is 0 Å². The SMILES string of the molecule is CCC1=NOC(c2ccccc2)N1c1ccccc1. The van der Waals surface area contributed by atoms with E-state index in [-0.39, 0.29) is 6.23 Å². The molecule has 96 valence electrons. The van der Waals surface area contributed by atoms with E-state index in [9.17, 15) is 0 Å². The maximum absolute atomic E-state index is 5.62. The molecule has 0 aromatic heterocycles. The fraction of sp³-hybridized carbons (Fsp3) is 0.188. The van der Waals surface area contributed by atoms with Crippen LogP contribution in [0.4, 0.5) is 5.69 Å². The predicted molar refractivity (Wildman–Crippen MR) is 76.9 cm³/mol. The molecule has 3 rings (SSSR count). The lowest BCUT2D eigenvalue weighted by atomic mass is 10.1. The van der Waals surface area contributed by atoms with E-state index in [1.807, 2.05) is 36.4 Å². The Morgan fingerprint density at radius 1 is 1.00 bits per heavy atom. The quantitative estimate of drug-likeness (QED) is 0.826. The topological polar surface area (TPSA) is 24.8 Å². The van der Waals surface area contributed by atoms with Crippen molar-refractivity contribution in [2.24, 2.45) is 5.16 Å². The van der Waals surface area contributed by atoms with Gasteiger partial charge in [-0.1, -0.05) is 60.6 Å². The van der Waals surface area contributed by atoms with Crippen LogP contribution in [-0.2, 0) is 4.84 Å². The Morgan fingerprint density at radius 3 is 2.26 bits per heavy atom. The highest BCUT2D eigenvalue weighted by atomic mass is 16.7. The van der Waals surface area contributed by atoms with Gasteiger partial charge < -0.3 is 4.84 Å². The molecule has 0 amide bonds. The highest BCUT2D eigenvalue weighted by molar-refractivity contribution is 5.98. The zero-order valence-electron chi connectivity index (χ0n) is 10.9. The van der Waals surface area contributed by atoms with E-state index < -0.39 is 0 Å². The fourth-order valence-electron chi connectivity index (χ4n) is 2.27. The van der Waals surface area contributed by atoms with Crippen molar-refractivity contribution in [2.75, 3.05) is 4.90 Å². The van der Waals surface area contributed by atoms with Crippen molar-refractivity contribution >= 4 is 11.5 Å². The van der Waals surface area contributed by atoms with Gasteiger partial charge in [0.15, 0.2) is 5.84 Å². The van der Waals surface area contributed by atoms with Crippen LogP contribution in [0.5, 0.6) is 0 Å². The van der Waals surface area contributed by atoms with Gasteiger partial charge in [-0.25, -0.2) is 0 Å². The molecular weight excluding hydrogens is 236 g/mol. The summed E-state index contributed by atoms with van der Waals surface area (Å²) in [5, 5.41) is 4.21. The van der Waals surface area contributed by atoms with E-state index in [0.29, 0.717) is 0 Å². The third-order valence-electron chi connectivity index (χ3n) is 3.21. The number of amidine groups is 1. The first-order valence-electron chi connectivity index (χ1n) is 6.52. The molecule has 0 saturated heterocycles. The Morgan fingerprint density at radius 2 is 1.63 bits per heavy atom. The molecule has 3 heteroatoms. The first-order chi connectivity index (χ1) is 9.40. The summed E-state index contributed by atoms with van der Waals surface area (Å²) in [4.78, 5) is 7.77. The van der Waals surface area contributed by atoms with Crippen molar-refractivity contribution < 1.29 is 4.84 Å². The van der Waals surface area contributed by atoms with Gasteiger partial charge in [0.25, 0.3) is 0 Å². The highest BCUT2D eigenvalue weighted by Crippen LogP contribution is 2.33. The van der Waals surface area contributed by atoms with Crippen LogP contribution in [-0.4, -0.2) is 5.84 Å². The van der Waals surface area contributed by atoms with Crippen LogP contribution < -0.4 is 4.90 Å². The number of benzene rings is 2. The normalized spacial score (nSPS) is 18.1. The molecule has 2 aromatic rings. The van der Waals surface area contributed by atoms with Crippen LogP contribution in [0.1, 0.15) is 25.1 Å². The van der Waals surface area contributed by atoms with Crippen molar-refractivity contribution in [3.63, 3.8) is 0 Å². The Kier molecular flexibility index (Phi) is 3.19. The second kappa shape index (κ2) is 5.14. The summed E-state index contributed by atoms with van der Waals surface area (Å²) >= 11 is 0. The van der Waals surface area contributed by atoms with Gasteiger partial charge in [0.05, 0.1) is 0 Å². The summed E-state index contributed by atoms with van der Waals surface area (Å²) in [6, 6.07) is 20.4. The van der Waals surface area contributed by atoms with Crippen molar-refractivity contribution in [2.45, 2.75) is 19.6 Å². The first kappa shape index (κ1) is 11.8. The van der Waals surface area contributed by atoms with Crippen molar-refractivity contribution in [1.29, 1.82) is 0 Å². The zero-order valence-corrected chi connectivity index (χ0v) is 10.9. The van der Waals surface area contributed by atoms with E-state index in [4.69, 9.17) is 4.84 Å². The number of anilines is 1. The molecule has 0 fully saturated rings. The number of hydrogen-bond donors (Lipinski definition) is 0. The van der Waals surface area contributed by atoms with Gasteiger partial charge in [-0.15, -0.1) is 0 Å². The minimum absolute atomic E-state index is 0.168. The van der Waals surface area contributed by atoms with Crippen LogP contribution in [0.25, 0.3) is 0 Å². The van der Waals surface area contributed by atoms with Gasteiger partial charge >= 0.3 is 0 Å². The molecule has 1 aliphatic rings. The minimum Gasteiger partial charge on any atom is -0.363 e. The zero-order chi connectivity index (χ0) is 13.1. The van der Waals surface area contributed by atoms with E-state index in [0.717, 1.165) is 23.5 Å². The molecule has 1 aliphatic heterocycles. The molecular formula is C16H16N2O. The number of hydrogen-bond acceptors (Lipinski definition) is 3. The second-order valence-electron chi connectivity index (χ2n) is 4.44. The highest BCUT2D eigenvalue weighted by Gasteiger charge is 2.31. The van der Waals surface area contributed by atoms with Crippen LogP contribution in [0.3, 0.4) is 0 Å². The predicted octanol–water partition coefficient (Wildman–Crippen LogP) is 3.95. The molecule has 0 aliphatic carbocycles. The van der Waals surface area contributed by atoms with Gasteiger partial charge in [-0.2, -0.15) is 0 Å². The largest absolute Gasteiger partial charge is 0.363 e. The number of oxime groups is 1. The molecule has 0 N–H and O–H groups in total. The Balaban J connectivity index is 1.98. The van der Waals surface area contributed by atoms with Crippen molar-refractivity contribution in [3.8, 4) is 0 Å². The lowest BCUT2D eigenvalue weighted by molar-refractivity contribution is 0.0868. The third-order valence-corrected chi connectivity index (χ3v) is 3.21. The molecule has 0 saturated carbocycles. The molecule has 2 aromatic carbocycles. The molecule has 0 bridgehead atoms. The van der Waals surface area contributed by atoms with Gasteiger partial charge in [-0.05, 0) is 12.1 Å². The van der Waals surface area contributed by atoms with E-state index in [2.05, 4.69) is 41.2 Å². The van der Waals surface area contributed by atoms with Gasteiger partial charge in [0.2, 0.25) is 6.23 Å². The third kappa shape index (κ3) is 2.19.